The molecule has 18 heavy (non-hydrogen) atoms. The first-order valence-corrected chi connectivity index (χ1v) is 5.78. The summed E-state index contributed by atoms with van der Waals surface area (Å²) in [6.07, 6.45) is 0.899. The molecule has 0 saturated carbocycles. The maximum absolute atomic E-state index is 12.0. The summed E-state index contributed by atoms with van der Waals surface area (Å²) in [7, 11) is 4.85. The van der Waals surface area contributed by atoms with Gasteiger partial charge in [-0.15, -0.1) is 0 Å². The number of aromatic nitrogens is 2. The topological polar surface area (TPSA) is 64.4 Å². The van der Waals surface area contributed by atoms with Gasteiger partial charge in [0.25, 0.3) is 5.91 Å². The van der Waals surface area contributed by atoms with Crippen LogP contribution in [0.5, 0.6) is 0 Å². The van der Waals surface area contributed by atoms with Crippen LogP contribution in [0.25, 0.3) is 0 Å². The van der Waals surface area contributed by atoms with Crippen molar-refractivity contribution in [2.75, 3.05) is 20.7 Å². The van der Waals surface area contributed by atoms with Crippen LogP contribution in [0, 0.1) is 6.92 Å². The molecule has 0 radical (unpaired) electrons. The average Bonchev–Trinajstić information content (AvgIpc) is 2.68. The Morgan fingerprint density at radius 2 is 2.17 bits per heavy atom. The molecule has 0 fully saturated rings. The summed E-state index contributed by atoms with van der Waals surface area (Å²) in [5.74, 6) is -0.395. The standard InChI is InChI=1S/C12H19N3O3/c1-9-8-10(13-15(9)3)12(17)14(2)7-5-6-11(16)18-4/h8H,5-7H2,1-4H3. The predicted molar refractivity (Wildman–Crippen MR) is 66.2 cm³/mol. The summed E-state index contributed by atoms with van der Waals surface area (Å²) in [6.45, 7) is 2.39. The van der Waals surface area contributed by atoms with Crippen molar-refractivity contribution < 1.29 is 14.3 Å². The molecule has 1 aromatic rings. The summed E-state index contributed by atoms with van der Waals surface area (Å²) in [5, 5.41) is 4.12. The Morgan fingerprint density at radius 3 is 2.67 bits per heavy atom. The molecule has 0 saturated heterocycles. The molecule has 6 nitrogen and oxygen atoms in total. The minimum absolute atomic E-state index is 0.136. The number of esters is 1. The van der Waals surface area contributed by atoms with E-state index in [9.17, 15) is 9.59 Å². The lowest BCUT2D eigenvalue weighted by Crippen LogP contribution is -2.28. The van der Waals surface area contributed by atoms with Gasteiger partial charge in [0.15, 0.2) is 5.69 Å². The van der Waals surface area contributed by atoms with Crippen LogP contribution < -0.4 is 0 Å². The van der Waals surface area contributed by atoms with E-state index in [0.29, 0.717) is 25.1 Å². The van der Waals surface area contributed by atoms with Crippen LogP contribution in [0.3, 0.4) is 0 Å². The Balaban J connectivity index is 2.49. The molecule has 0 spiro atoms. The molecular formula is C12H19N3O3. The fraction of sp³-hybridized carbons (Fsp3) is 0.583. The van der Waals surface area contributed by atoms with E-state index < -0.39 is 0 Å². The molecule has 100 valence electrons. The third-order valence-electron chi connectivity index (χ3n) is 2.78. The fourth-order valence-electron chi connectivity index (χ4n) is 1.52. The zero-order valence-electron chi connectivity index (χ0n) is 11.3. The Labute approximate surface area is 107 Å². The molecule has 6 heteroatoms. The highest BCUT2D eigenvalue weighted by Crippen LogP contribution is 2.05. The number of hydrogen-bond donors (Lipinski definition) is 0. The van der Waals surface area contributed by atoms with Crippen molar-refractivity contribution in [1.82, 2.24) is 14.7 Å². The number of nitrogens with zero attached hydrogens (tertiary/aromatic N) is 3. The number of ether oxygens (including phenoxy) is 1. The Bertz CT molecular complexity index is 420. The average molecular weight is 253 g/mol. The SMILES string of the molecule is COC(=O)CCCN(C)C(=O)c1cc(C)n(C)n1. The number of methoxy groups -OCH3 is 1. The summed E-state index contributed by atoms with van der Waals surface area (Å²) in [4.78, 5) is 24.5. The molecule has 0 aliphatic rings. The molecule has 0 aromatic carbocycles. The van der Waals surface area contributed by atoms with E-state index >= 15 is 0 Å². The minimum Gasteiger partial charge on any atom is -0.469 e. The zero-order valence-corrected chi connectivity index (χ0v) is 11.3. The molecule has 1 heterocycles. The summed E-state index contributed by atoms with van der Waals surface area (Å²) in [6, 6.07) is 1.75. The Kier molecular flexibility index (Phi) is 4.88. The van der Waals surface area contributed by atoms with Gasteiger partial charge in [-0.3, -0.25) is 14.3 Å². The molecule has 0 atom stereocenters. The Hall–Kier alpha value is -1.85. The monoisotopic (exact) mass is 253 g/mol. The molecular weight excluding hydrogens is 234 g/mol. The number of rotatable bonds is 5. The van der Waals surface area contributed by atoms with Gasteiger partial charge in [0.05, 0.1) is 7.11 Å². The van der Waals surface area contributed by atoms with E-state index in [-0.39, 0.29) is 11.9 Å². The first-order chi connectivity index (χ1) is 8.45. The maximum atomic E-state index is 12.0. The van der Waals surface area contributed by atoms with Crippen LogP contribution in [-0.2, 0) is 16.6 Å². The number of carbonyl (C=O) groups is 2. The second-order valence-corrected chi connectivity index (χ2v) is 4.20. The van der Waals surface area contributed by atoms with Crippen molar-refractivity contribution >= 4 is 11.9 Å². The molecule has 0 N–H and O–H groups in total. The first-order valence-electron chi connectivity index (χ1n) is 5.78. The second kappa shape index (κ2) is 6.18. The van der Waals surface area contributed by atoms with E-state index in [1.54, 1.807) is 29.7 Å². The molecule has 0 unspecified atom stereocenters. The molecule has 0 aliphatic carbocycles. The lowest BCUT2D eigenvalue weighted by Gasteiger charge is -2.15. The summed E-state index contributed by atoms with van der Waals surface area (Å²) in [5.41, 5.74) is 1.36. The zero-order chi connectivity index (χ0) is 13.7. The highest BCUT2D eigenvalue weighted by molar-refractivity contribution is 5.92. The van der Waals surface area contributed by atoms with Crippen molar-refractivity contribution in [2.24, 2.45) is 7.05 Å². The van der Waals surface area contributed by atoms with Gasteiger partial charge in [-0.2, -0.15) is 5.10 Å². The maximum Gasteiger partial charge on any atom is 0.305 e. The predicted octanol–water partition coefficient (Wildman–Crippen LogP) is 0.754. The van der Waals surface area contributed by atoms with Gasteiger partial charge in [0.2, 0.25) is 0 Å². The van der Waals surface area contributed by atoms with Crippen molar-refractivity contribution in [2.45, 2.75) is 19.8 Å². The van der Waals surface area contributed by atoms with E-state index in [0.717, 1.165) is 5.69 Å². The van der Waals surface area contributed by atoms with Gasteiger partial charge in [0.1, 0.15) is 0 Å². The van der Waals surface area contributed by atoms with Crippen molar-refractivity contribution in [1.29, 1.82) is 0 Å². The van der Waals surface area contributed by atoms with Gasteiger partial charge in [-0.25, -0.2) is 0 Å². The van der Waals surface area contributed by atoms with Crippen molar-refractivity contribution in [3.05, 3.63) is 17.5 Å². The van der Waals surface area contributed by atoms with Crippen molar-refractivity contribution in [3.63, 3.8) is 0 Å². The number of carbonyl (C=O) groups excluding carboxylic acids is 2. The lowest BCUT2D eigenvalue weighted by atomic mass is 10.2. The third-order valence-corrected chi connectivity index (χ3v) is 2.78. The summed E-state index contributed by atoms with van der Waals surface area (Å²) < 4.78 is 6.20. The molecule has 0 aliphatic heterocycles. The lowest BCUT2D eigenvalue weighted by molar-refractivity contribution is -0.140. The van der Waals surface area contributed by atoms with Crippen LogP contribution in [0.15, 0.2) is 6.07 Å². The first kappa shape index (κ1) is 14.2. The van der Waals surface area contributed by atoms with Gasteiger partial charge in [0, 0.05) is 32.8 Å². The largest absolute Gasteiger partial charge is 0.469 e. The smallest absolute Gasteiger partial charge is 0.305 e. The Morgan fingerprint density at radius 1 is 1.50 bits per heavy atom. The normalized spacial score (nSPS) is 10.2. The van der Waals surface area contributed by atoms with Crippen LogP contribution in [-0.4, -0.2) is 47.3 Å². The van der Waals surface area contributed by atoms with Gasteiger partial charge < -0.3 is 9.64 Å². The van der Waals surface area contributed by atoms with Crippen LogP contribution in [0.4, 0.5) is 0 Å². The molecule has 0 bridgehead atoms. The molecule has 1 rings (SSSR count). The highest BCUT2D eigenvalue weighted by Gasteiger charge is 2.15. The van der Waals surface area contributed by atoms with Gasteiger partial charge >= 0.3 is 5.97 Å². The number of amides is 1. The van der Waals surface area contributed by atoms with E-state index in [1.165, 1.54) is 7.11 Å². The highest BCUT2D eigenvalue weighted by atomic mass is 16.5. The van der Waals surface area contributed by atoms with Crippen LogP contribution in [0.1, 0.15) is 29.0 Å². The van der Waals surface area contributed by atoms with Gasteiger partial charge in [-0.05, 0) is 19.4 Å². The minimum atomic E-state index is -0.260. The quantitative estimate of drug-likeness (QED) is 0.726. The number of aryl methyl sites for hydroxylation is 2. The molecule has 1 amide bonds. The fourth-order valence-corrected chi connectivity index (χ4v) is 1.52. The second-order valence-electron chi connectivity index (χ2n) is 4.20. The van der Waals surface area contributed by atoms with Gasteiger partial charge in [-0.1, -0.05) is 0 Å². The van der Waals surface area contributed by atoms with Crippen molar-refractivity contribution in [3.8, 4) is 0 Å². The van der Waals surface area contributed by atoms with Crippen LogP contribution in [0.2, 0.25) is 0 Å². The van der Waals surface area contributed by atoms with Crippen LogP contribution >= 0.6 is 0 Å². The van der Waals surface area contributed by atoms with E-state index in [2.05, 4.69) is 9.84 Å². The van der Waals surface area contributed by atoms with E-state index in [4.69, 9.17) is 0 Å². The third kappa shape index (κ3) is 3.58. The number of hydrogen-bond acceptors (Lipinski definition) is 4. The summed E-state index contributed by atoms with van der Waals surface area (Å²) >= 11 is 0. The van der Waals surface area contributed by atoms with E-state index in [1.807, 2.05) is 6.92 Å². The molecule has 1 aromatic heterocycles.